The lowest BCUT2D eigenvalue weighted by Gasteiger charge is -2.27. The van der Waals surface area contributed by atoms with Crippen molar-refractivity contribution in [1.82, 2.24) is 4.90 Å². The van der Waals surface area contributed by atoms with Gasteiger partial charge in [-0.15, -0.1) is 0 Å². The van der Waals surface area contributed by atoms with Gasteiger partial charge in [0.2, 0.25) is 0 Å². The third-order valence-corrected chi connectivity index (χ3v) is 5.80. The summed E-state index contributed by atoms with van der Waals surface area (Å²) in [4.78, 5) is 27.2. The highest BCUT2D eigenvalue weighted by atomic mass is 79.9. The summed E-state index contributed by atoms with van der Waals surface area (Å²) in [6, 6.07) is 12.5. The highest BCUT2D eigenvalue weighted by Gasteiger charge is 2.47. The molecule has 2 aliphatic heterocycles. The third-order valence-electron chi connectivity index (χ3n) is 5.27. The molecule has 0 aromatic heterocycles. The number of aliphatic hydroxyl groups excluding tert-OH is 1. The van der Waals surface area contributed by atoms with E-state index in [1.807, 2.05) is 0 Å². The Kier molecular flexibility index (Phi) is 5.43. The molecule has 1 amide bonds. The fourth-order valence-electron chi connectivity index (χ4n) is 3.88. The van der Waals surface area contributed by atoms with Crippen LogP contribution in [0.5, 0.6) is 5.75 Å². The summed E-state index contributed by atoms with van der Waals surface area (Å²) in [7, 11) is 0. The van der Waals surface area contributed by atoms with Crippen LogP contribution in [-0.2, 0) is 14.3 Å². The van der Waals surface area contributed by atoms with Crippen LogP contribution < -0.4 is 0 Å². The van der Waals surface area contributed by atoms with Crippen LogP contribution in [0.2, 0.25) is 0 Å². The monoisotopic (exact) mass is 457 g/mol. The van der Waals surface area contributed by atoms with Crippen LogP contribution in [-0.4, -0.2) is 46.1 Å². The number of halogens is 1. The molecule has 2 unspecified atom stereocenters. The highest BCUT2D eigenvalue weighted by molar-refractivity contribution is 9.10. The van der Waals surface area contributed by atoms with Crippen molar-refractivity contribution in [2.75, 3.05) is 13.2 Å². The molecule has 0 spiro atoms. The van der Waals surface area contributed by atoms with E-state index >= 15 is 0 Å². The molecule has 4 rings (SSSR count). The molecular formula is C22H20BrNO5. The number of benzene rings is 2. The Labute approximate surface area is 176 Å². The van der Waals surface area contributed by atoms with E-state index < -0.39 is 17.7 Å². The summed E-state index contributed by atoms with van der Waals surface area (Å²) in [5, 5.41) is 20.9. The van der Waals surface area contributed by atoms with E-state index in [-0.39, 0.29) is 29.7 Å². The maximum Gasteiger partial charge on any atom is 0.295 e. The van der Waals surface area contributed by atoms with Crippen LogP contribution in [0.15, 0.2) is 58.6 Å². The summed E-state index contributed by atoms with van der Waals surface area (Å²) in [6.45, 7) is 0.881. The van der Waals surface area contributed by atoms with Gasteiger partial charge in [-0.25, -0.2) is 0 Å². The molecule has 2 atom stereocenters. The van der Waals surface area contributed by atoms with E-state index in [1.165, 1.54) is 17.0 Å². The minimum absolute atomic E-state index is 0.0147. The number of carbonyl (C=O) groups is 2. The number of amides is 1. The molecule has 0 radical (unpaired) electrons. The van der Waals surface area contributed by atoms with Crippen molar-refractivity contribution in [1.29, 1.82) is 0 Å². The molecule has 2 aromatic carbocycles. The fraction of sp³-hybridized carbons (Fsp3) is 0.273. The third kappa shape index (κ3) is 3.80. The normalized spacial score (nSPS) is 23.7. The van der Waals surface area contributed by atoms with E-state index in [0.29, 0.717) is 17.7 Å². The predicted octanol–water partition coefficient (Wildman–Crippen LogP) is 3.76. The number of ether oxygens (including phenoxy) is 1. The maximum atomic E-state index is 12.9. The molecule has 150 valence electrons. The first-order valence-corrected chi connectivity index (χ1v) is 10.2. The highest BCUT2D eigenvalue weighted by Crippen LogP contribution is 2.40. The number of hydrogen-bond acceptors (Lipinski definition) is 5. The van der Waals surface area contributed by atoms with Crippen LogP contribution in [0.1, 0.15) is 30.0 Å². The second-order valence-electron chi connectivity index (χ2n) is 7.19. The predicted molar refractivity (Wildman–Crippen MR) is 110 cm³/mol. The number of hydrogen-bond donors (Lipinski definition) is 2. The van der Waals surface area contributed by atoms with Crippen molar-refractivity contribution in [3.63, 3.8) is 0 Å². The molecule has 2 saturated heterocycles. The number of phenolic OH excluding ortho intramolecular Hbond substituents is 1. The van der Waals surface area contributed by atoms with E-state index in [1.54, 1.807) is 36.4 Å². The Hall–Kier alpha value is -2.64. The van der Waals surface area contributed by atoms with Gasteiger partial charge in [0, 0.05) is 23.2 Å². The molecule has 29 heavy (non-hydrogen) atoms. The fourth-order valence-corrected chi connectivity index (χ4v) is 4.15. The summed E-state index contributed by atoms with van der Waals surface area (Å²) < 4.78 is 6.49. The first-order valence-electron chi connectivity index (χ1n) is 9.40. The molecular weight excluding hydrogens is 438 g/mol. The van der Waals surface area contributed by atoms with Gasteiger partial charge in [0.15, 0.2) is 0 Å². The topological polar surface area (TPSA) is 87.1 Å². The number of aromatic hydroxyl groups is 1. The van der Waals surface area contributed by atoms with Crippen LogP contribution in [0, 0.1) is 0 Å². The average Bonchev–Trinajstić information content (AvgIpc) is 3.30. The van der Waals surface area contributed by atoms with Gasteiger partial charge in [-0.1, -0.05) is 40.2 Å². The first kappa shape index (κ1) is 19.7. The van der Waals surface area contributed by atoms with Crippen molar-refractivity contribution in [3.8, 4) is 5.75 Å². The lowest BCUT2D eigenvalue weighted by molar-refractivity contribution is -0.140. The van der Waals surface area contributed by atoms with Crippen LogP contribution in [0.4, 0.5) is 0 Å². The number of ketones is 1. The molecule has 0 aliphatic carbocycles. The van der Waals surface area contributed by atoms with Crippen molar-refractivity contribution in [2.24, 2.45) is 0 Å². The minimum atomic E-state index is -0.796. The van der Waals surface area contributed by atoms with Gasteiger partial charge in [0.1, 0.15) is 11.5 Å². The second kappa shape index (κ2) is 8.00. The van der Waals surface area contributed by atoms with Gasteiger partial charge in [-0.2, -0.15) is 0 Å². The van der Waals surface area contributed by atoms with Crippen molar-refractivity contribution in [3.05, 3.63) is 69.7 Å². The molecule has 2 aromatic rings. The Morgan fingerprint density at radius 2 is 1.93 bits per heavy atom. The Balaban J connectivity index is 1.83. The van der Waals surface area contributed by atoms with E-state index in [4.69, 9.17) is 4.74 Å². The van der Waals surface area contributed by atoms with Gasteiger partial charge in [-0.05, 0) is 42.7 Å². The maximum absolute atomic E-state index is 12.9. The zero-order valence-corrected chi connectivity index (χ0v) is 17.1. The smallest absolute Gasteiger partial charge is 0.295 e. The van der Waals surface area contributed by atoms with Crippen molar-refractivity contribution >= 4 is 33.4 Å². The molecule has 0 bridgehead atoms. The van der Waals surface area contributed by atoms with E-state index in [9.17, 15) is 19.8 Å². The van der Waals surface area contributed by atoms with Crippen LogP contribution in [0.25, 0.3) is 5.76 Å². The quantitative estimate of drug-likeness (QED) is 0.414. The Morgan fingerprint density at radius 1 is 1.17 bits per heavy atom. The number of nitrogens with zero attached hydrogens (tertiary/aromatic N) is 1. The molecule has 6 nitrogen and oxygen atoms in total. The van der Waals surface area contributed by atoms with Gasteiger partial charge in [0.25, 0.3) is 11.7 Å². The summed E-state index contributed by atoms with van der Waals surface area (Å²) in [5.41, 5.74) is 1.01. The second-order valence-corrected chi connectivity index (χ2v) is 8.10. The SMILES string of the molecule is O=C1C(=O)N(CC2CCCO2)C(c2cccc(O)c2)/C1=C(\O)c1ccc(Br)cc1. The summed E-state index contributed by atoms with van der Waals surface area (Å²) in [6.07, 6.45) is 1.56. The molecule has 0 saturated carbocycles. The summed E-state index contributed by atoms with van der Waals surface area (Å²) >= 11 is 3.35. The zero-order chi connectivity index (χ0) is 20.5. The lowest BCUT2D eigenvalue weighted by Crippen LogP contribution is -2.36. The largest absolute Gasteiger partial charge is 0.508 e. The van der Waals surface area contributed by atoms with Crippen LogP contribution in [0.3, 0.4) is 0 Å². The molecule has 2 N–H and O–H groups in total. The van der Waals surface area contributed by atoms with Gasteiger partial charge in [-0.3, -0.25) is 9.59 Å². The zero-order valence-electron chi connectivity index (χ0n) is 15.5. The number of likely N-dealkylation sites (tertiary alicyclic amines) is 1. The standard InChI is InChI=1S/C22H20BrNO5/c23-15-8-6-13(7-9-15)20(26)18-19(14-3-1-4-16(25)11-14)24(22(28)21(18)27)12-17-5-2-10-29-17/h1,3-4,6-9,11,17,19,25-26H,2,5,10,12H2/b20-18+. The van der Waals surface area contributed by atoms with E-state index in [2.05, 4.69) is 15.9 Å². The van der Waals surface area contributed by atoms with Gasteiger partial charge >= 0.3 is 0 Å². The van der Waals surface area contributed by atoms with Crippen LogP contribution >= 0.6 is 15.9 Å². The molecule has 2 fully saturated rings. The number of phenols is 1. The number of aliphatic hydroxyl groups is 1. The number of rotatable bonds is 4. The van der Waals surface area contributed by atoms with Crippen molar-refractivity contribution < 1.29 is 24.5 Å². The number of Topliss-reactive ketones (excluding diaryl/α,β-unsaturated/α-hetero) is 1. The van der Waals surface area contributed by atoms with Crippen molar-refractivity contribution in [2.45, 2.75) is 25.0 Å². The van der Waals surface area contributed by atoms with Gasteiger partial charge < -0.3 is 19.8 Å². The Bertz CT molecular complexity index is 979. The first-order chi connectivity index (χ1) is 14.0. The lowest BCUT2D eigenvalue weighted by atomic mass is 9.95. The Morgan fingerprint density at radius 3 is 2.59 bits per heavy atom. The van der Waals surface area contributed by atoms with E-state index in [0.717, 1.165) is 17.3 Å². The number of carbonyl (C=O) groups excluding carboxylic acids is 2. The average molecular weight is 458 g/mol. The molecule has 2 heterocycles. The van der Waals surface area contributed by atoms with Gasteiger partial charge in [0.05, 0.1) is 17.7 Å². The molecule has 2 aliphatic rings. The minimum Gasteiger partial charge on any atom is -0.508 e. The molecule has 7 heteroatoms. The summed E-state index contributed by atoms with van der Waals surface area (Å²) in [5.74, 6) is -1.63.